The SMILES string of the molecule is C=CCOc1ccccc1C(=O)N(CC(=O)O)CC(C)C. The molecule has 0 saturated carbocycles. The summed E-state index contributed by atoms with van der Waals surface area (Å²) in [6.45, 7) is 7.77. The summed E-state index contributed by atoms with van der Waals surface area (Å²) in [7, 11) is 0. The number of carboxylic acid groups (broad SMARTS) is 1. The van der Waals surface area contributed by atoms with Gasteiger partial charge in [-0.3, -0.25) is 9.59 Å². The van der Waals surface area contributed by atoms with Crippen LogP contribution in [0.15, 0.2) is 36.9 Å². The quantitative estimate of drug-likeness (QED) is 0.747. The first kappa shape index (κ1) is 16.8. The Morgan fingerprint density at radius 1 is 1.38 bits per heavy atom. The zero-order valence-corrected chi connectivity index (χ0v) is 12.4. The van der Waals surface area contributed by atoms with Gasteiger partial charge in [-0.15, -0.1) is 0 Å². The molecule has 0 radical (unpaired) electrons. The molecule has 0 spiro atoms. The molecule has 114 valence electrons. The van der Waals surface area contributed by atoms with Gasteiger partial charge < -0.3 is 14.7 Å². The lowest BCUT2D eigenvalue weighted by Crippen LogP contribution is -2.38. The van der Waals surface area contributed by atoms with Crippen LogP contribution in [0.4, 0.5) is 0 Å². The van der Waals surface area contributed by atoms with Gasteiger partial charge in [0.25, 0.3) is 5.91 Å². The van der Waals surface area contributed by atoms with E-state index in [-0.39, 0.29) is 25.0 Å². The highest BCUT2D eigenvalue weighted by Crippen LogP contribution is 2.20. The Hall–Kier alpha value is -2.30. The fourth-order valence-corrected chi connectivity index (χ4v) is 1.91. The van der Waals surface area contributed by atoms with Crippen LogP contribution in [0.1, 0.15) is 24.2 Å². The first-order chi connectivity index (χ1) is 9.95. The first-order valence-electron chi connectivity index (χ1n) is 6.79. The zero-order chi connectivity index (χ0) is 15.8. The van der Waals surface area contributed by atoms with Crippen molar-refractivity contribution in [3.8, 4) is 5.75 Å². The van der Waals surface area contributed by atoms with Crippen LogP contribution in [0.25, 0.3) is 0 Å². The van der Waals surface area contributed by atoms with Gasteiger partial charge in [-0.25, -0.2) is 0 Å². The molecule has 5 heteroatoms. The number of carbonyl (C=O) groups excluding carboxylic acids is 1. The monoisotopic (exact) mass is 291 g/mol. The molecule has 1 aromatic carbocycles. The van der Waals surface area contributed by atoms with Gasteiger partial charge >= 0.3 is 5.97 Å². The van der Waals surface area contributed by atoms with Crippen molar-refractivity contribution in [3.05, 3.63) is 42.5 Å². The molecule has 1 N–H and O–H groups in total. The molecule has 0 heterocycles. The molecule has 0 saturated heterocycles. The second-order valence-corrected chi connectivity index (χ2v) is 5.07. The maximum Gasteiger partial charge on any atom is 0.323 e. The molecule has 0 aliphatic heterocycles. The van der Waals surface area contributed by atoms with Crippen LogP contribution in [0.2, 0.25) is 0 Å². The van der Waals surface area contributed by atoms with Crippen molar-refractivity contribution in [3.63, 3.8) is 0 Å². The Morgan fingerprint density at radius 2 is 2.05 bits per heavy atom. The Labute approximate surface area is 124 Å². The minimum atomic E-state index is -1.03. The van der Waals surface area contributed by atoms with E-state index in [1.165, 1.54) is 4.90 Å². The second-order valence-electron chi connectivity index (χ2n) is 5.07. The van der Waals surface area contributed by atoms with Gasteiger partial charge in [0.2, 0.25) is 0 Å². The Bertz CT molecular complexity index is 511. The Morgan fingerprint density at radius 3 is 2.62 bits per heavy atom. The summed E-state index contributed by atoms with van der Waals surface area (Å²) in [5.41, 5.74) is 0.362. The van der Waals surface area contributed by atoms with E-state index in [4.69, 9.17) is 9.84 Å². The van der Waals surface area contributed by atoms with Crippen LogP contribution in [0.3, 0.4) is 0 Å². The van der Waals surface area contributed by atoms with Crippen molar-refractivity contribution < 1.29 is 19.4 Å². The predicted molar refractivity (Wildman–Crippen MR) is 80.5 cm³/mol. The third-order valence-corrected chi connectivity index (χ3v) is 2.67. The number of carboxylic acids is 1. The average Bonchev–Trinajstić information content (AvgIpc) is 2.43. The second kappa shape index (κ2) is 8.09. The highest BCUT2D eigenvalue weighted by molar-refractivity contribution is 5.98. The molecule has 21 heavy (non-hydrogen) atoms. The van der Waals surface area contributed by atoms with Gasteiger partial charge in [-0.2, -0.15) is 0 Å². The van der Waals surface area contributed by atoms with Crippen LogP contribution >= 0.6 is 0 Å². The Kier molecular flexibility index (Phi) is 6.46. The van der Waals surface area contributed by atoms with Crippen molar-refractivity contribution in [1.29, 1.82) is 0 Å². The van der Waals surface area contributed by atoms with E-state index in [0.717, 1.165) is 0 Å². The van der Waals surface area contributed by atoms with Crippen LogP contribution in [-0.2, 0) is 4.79 Å². The molecule has 5 nitrogen and oxygen atoms in total. The lowest BCUT2D eigenvalue weighted by molar-refractivity contribution is -0.137. The van der Waals surface area contributed by atoms with Crippen molar-refractivity contribution in [2.45, 2.75) is 13.8 Å². The molecule has 0 fully saturated rings. The number of hydrogen-bond donors (Lipinski definition) is 1. The number of hydrogen-bond acceptors (Lipinski definition) is 3. The van der Waals surface area contributed by atoms with Gasteiger partial charge in [-0.1, -0.05) is 38.6 Å². The van der Waals surface area contributed by atoms with Crippen LogP contribution < -0.4 is 4.74 Å². The standard InChI is InChI=1S/C16H21NO4/c1-4-9-21-14-8-6-5-7-13(14)16(20)17(10-12(2)3)11-15(18)19/h4-8,12H,1,9-11H2,2-3H3,(H,18,19). The van der Waals surface area contributed by atoms with Crippen molar-refractivity contribution in [1.82, 2.24) is 4.90 Å². The fraction of sp³-hybridized carbons (Fsp3) is 0.375. The number of carbonyl (C=O) groups is 2. The summed E-state index contributed by atoms with van der Waals surface area (Å²) in [5.74, 6) is -0.768. The number of para-hydroxylation sites is 1. The number of rotatable bonds is 8. The highest BCUT2D eigenvalue weighted by Gasteiger charge is 2.22. The molecule has 0 unspecified atom stereocenters. The summed E-state index contributed by atoms with van der Waals surface area (Å²) in [5, 5.41) is 8.96. The minimum Gasteiger partial charge on any atom is -0.489 e. The van der Waals surface area contributed by atoms with Gasteiger partial charge in [0.1, 0.15) is 18.9 Å². The van der Waals surface area contributed by atoms with Gasteiger partial charge in [0.15, 0.2) is 0 Å². The summed E-state index contributed by atoms with van der Waals surface area (Å²) in [4.78, 5) is 24.8. The Balaban J connectivity index is 3.01. The summed E-state index contributed by atoms with van der Waals surface area (Å²) in [6, 6.07) is 6.81. The number of ether oxygens (including phenoxy) is 1. The van der Waals surface area contributed by atoms with Crippen molar-refractivity contribution in [2.75, 3.05) is 19.7 Å². The van der Waals surface area contributed by atoms with E-state index >= 15 is 0 Å². The maximum atomic E-state index is 12.6. The van der Waals surface area contributed by atoms with E-state index in [2.05, 4.69) is 6.58 Å². The summed E-state index contributed by atoms with van der Waals surface area (Å²) < 4.78 is 5.45. The number of nitrogens with zero attached hydrogens (tertiary/aromatic N) is 1. The molecule has 1 rings (SSSR count). The fourth-order valence-electron chi connectivity index (χ4n) is 1.91. The van der Waals surface area contributed by atoms with Crippen LogP contribution in [0, 0.1) is 5.92 Å². The molecule has 0 aliphatic rings. The first-order valence-corrected chi connectivity index (χ1v) is 6.79. The normalized spacial score (nSPS) is 10.2. The van der Waals surface area contributed by atoms with Crippen LogP contribution in [-0.4, -0.2) is 41.6 Å². The molecular weight excluding hydrogens is 270 g/mol. The third kappa shape index (κ3) is 5.30. The van der Waals surface area contributed by atoms with E-state index in [1.807, 2.05) is 13.8 Å². The largest absolute Gasteiger partial charge is 0.489 e. The van der Waals surface area contributed by atoms with Gasteiger partial charge in [0.05, 0.1) is 5.56 Å². The van der Waals surface area contributed by atoms with Crippen LogP contribution in [0.5, 0.6) is 5.75 Å². The molecule has 0 atom stereocenters. The van der Waals surface area contributed by atoms with Crippen molar-refractivity contribution in [2.24, 2.45) is 5.92 Å². The van der Waals surface area contributed by atoms with E-state index in [1.54, 1.807) is 30.3 Å². The van der Waals surface area contributed by atoms with E-state index in [9.17, 15) is 9.59 Å². The van der Waals surface area contributed by atoms with Gasteiger partial charge in [0, 0.05) is 6.54 Å². The van der Waals surface area contributed by atoms with E-state index < -0.39 is 5.97 Å². The zero-order valence-electron chi connectivity index (χ0n) is 12.4. The topological polar surface area (TPSA) is 66.8 Å². The summed E-state index contributed by atoms with van der Waals surface area (Å²) >= 11 is 0. The smallest absolute Gasteiger partial charge is 0.323 e. The van der Waals surface area contributed by atoms with E-state index in [0.29, 0.717) is 17.9 Å². The molecule has 1 aromatic rings. The third-order valence-electron chi connectivity index (χ3n) is 2.67. The predicted octanol–water partition coefficient (Wildman–Crippen LogP) is 2.43. The molecule has 0 aromatic heterocycles. The molecule has 0 aliphatic carbocycles. The lowest BCUT2D eigenvalue weighted by Gasteiger charge is -2.23. The molecule has 0 bridgehead atoms. The summed E-state index contributed by atoms with van der Waals surface area (Å²) in [6.07, 6.45) is 1.59. The number of benzene rings is 1. The van der Waals surface area contributed by atoms with Gasteiger partial charge in [-0.05, 0) is 18.1 Å². The van der Waals surface area contributed by atoms with Crippen molar-refractivity contribution >= 4 is 11.9 Å². The lowest BCUT2D eigenvalue weighted by atomic mass is 10.1. The highest BCUT2D eigenvalue weighted by atomic mass is 16.5. The number of aliphatic carboxylic acids is 1. The average molecular weight is 291 g/mol. The number of amides is 1. The minimum absolute atomic E-state index is 0.176. The molecule has 1 amide bonds. The maximum absolute atomic E-state index is 12.6. The molecular formula is C16H21NO4.